The van der Waals surface area contributed by atoms with Gasteiger partial charge in [0.2, 0.25) is 0 Å². The Hall–Kier alpha value is -0.640. The lowest BCUT2D eigenvalue weighted by atomic mass is 9.79. The van der Waals surface area contributed by atoms with Crippen LogP contribution < -0.4 is 5.73 Å². The van der Waals surface area contributed by atoms with E-state index in [1.165, 1.54) is 0 Å². The Morgan fingerprint density at radius 3 is 2.81 bits per heavy atom. The molecule has 1 aliphatic carbocycles. The fraction of sp³-hybridized carbons (Fsp3) is 0.583. The Kier molecular flexibility index (Phi) is 3.47. The molecule has 0 saturated heterocycles. The smallest absolute Gasteiger partial charge is 0.0689 e. The summed E-state index contributed by atoms with van der Waals surface area (Å²) in [5.41, 5.74) is 6.16. The number of nitrogens with two attached hydrogens (primary N) is 1. The molecule has 88 valence electrons. The molecule has 0 spiro atoms. The Labute approximate surface area is 101 Å². The van der Waals surface area contributed by atoms with Crippen molar-refractivity contribution >= 4 is 11.6 Å². The highest BCUT2D eigenvalue weighted by atomic mass is 35.5. The average molecular weight is 241 g/mol. The molecule has 0 bridgehead atoms. The van der Waals surface area contributed by atoms with E-state index in [1.807, 2.05) is 6.07 Å². The molecule has 0 atom stereocenters. The van der Waals surface area contributed by atoms with Gasteiger partial charge in [0.1, 0.15) is 0 Å². The van der Waals surface area contributed by atoms with Gasteiger partial charge < -0.3 is 10.8 Å². The van der Waals surface area contributed by atoms with Crippen LogP contribution in [0.25, 0.3) is 0 Å². The molecule has 0 radical (unpaired) electrons. The van der Waals surface area contributed by atoms with Crippen molar-refractivity contribution in [3.63, 3.8) is 0 Å². The van der Waals surface area contributed by atoms with Gasteiger partial charge in [0.05, 0.1) is 10.6 Å². The monoisotopic (exact) mass is 240 g/mol. The summed E-state index contributed by atoms with van der Waals surface area (Å²) >= 11 is 6.04. The molecule has 1 aromatic rings. The molecule has 0 aromatic carbocycles. The van der Waals surface area contributed by atoms with E-state index in [0.29, 0.717) is 11.4 Å². The minimum atomic E-state index is -0.638. The van der Waals surface area contributed by atoms with Gasteiger partial charge in [0, 0.05) is 24.9 Å². The van der Waals surface area contributed by atoms with Crippen molar-refractivity contribution in [2.24, 2.45) is 5.73 Å². The van der Waals surface area contributed by atoms with Crippen molar-refractivity contribution in [3.05, 3.63) is 29.0 Å². The third-order valence-electron chi connectivity index (χ3n) is 3.34. The summed E-state index contributed by atoms with van der Waals surface area (Å²) in [6.45, 7) is 0. The van der Waals surface area contributed by atoms with E-state index in [0.717, 1.165) is 31.2 Å². The zero-order valence-corrected chi connectivity index (χ0v) is 9.95. The van der Waals surface area contributed by atoms with Gasteiger partial charge in [-0.25, -0.2) is 0 Å². The Balaban J connectivity index is 2.07. The van der Waals surface area contributed by atoms with Crippen molar-refractivity contribution in [2.75, 3.05) is 0 Å². The van der Waals surface area contributed by atoms with E-state index in [2.05, 4.69) is 4.98 Å². The minimum Gasteiger partial charge on any atom is -0.390 e. The second kappa shape index (κ2) is 4.70. The Bertz CT molecular complexity index is 362. The second-order valence-electron chi connectivity index (χ2n) is 4.71. The quantitative estimate of drug-likeness (QED) is 0.830. The van der Waals surface area contributed by atoms with Crippen molar-refractivity contribution < 1.29 is 5.11 Å². The van der Waals surface area contributed by atoms with Gasteiger partial charge in [0.25, 0.3) is 0 Å². The van der Waals surface area contributed by atoms with Gasteiger partial charge in [0.15, 0.2) is 0 Å². The molecular weight excluding hydrogens is 224 g/mol. The van der Waals surface area contributed by atoms with Crippen LogP contribution in [0.2, 0.25) is 5.02 Å². The summed E-state index contributed by atoms with van der Waals surface area (Å²) in [5.74, 6) is 0. The molecular formula is C12H17ClN2O. The molecule has 1 aromatic heterocycles. The molecule has 3 nitrogen and oxygen atoms in total. The normalized spacial score (nSPS) is 30.3. The zero-order chi connectivity index (χ0) is 11.6. The lowest BCUT2D eigenvalue weighted by Crippen LogP contribution is -2.40. The summed E-state index contributed by atoms with van der Waals surface area (Å²) in [6, 6.07) is 2.11. The van der Waals surface area contributed by atoms with Gasteiger partial charge in [-0.15, -0.1) is 0 Å². The lowest BCUT2D eigenvalue weighted by Gasteiger charge is -2.35. The summed E-state index contributed by atoms with van der Waals surface area (Å²) < 4.78 is 0. The van der Waals surface area contributed by atoms with Crippen molar-refractivity contribution in [3.8, 4) is 0 Å². The first-order chi connectivity index (χ1) is 7.59. The van der Waals surface area contributed by atoms with Crippen LogP contribution in [0.5, 0.6) is 0 Å². The largest absolute Gasteiger partial charge is 0.390 e. The third-order valence-corrected chi connectivity index (χ3v) is 3.68. The molecule has 0 aliphatic heterocycles. The number of rotatable bonds is 2. The van der Waals surface area contributed by atoms with Crippen molar-refractivity contribution in [1.82, 2.24) is 4.98 Å². The molecule has 1 heterocycles. The number of nitrogens with zero attached hydrogens (tertiary/aromatic N) is 1. The molecule has 0 unspecified atom stereocenters. The highest BCUT2D eigenvalue weighted by molar-refractivity contribution is 6.31. The third kappa shape index (κ3) is 2.73. The van der Waals surface area contributed by atoms with E-state index in [-0.39, 0.29) is 6.04 Å². The Morgan fingerprint density at radius 2 is 2.19 bits per heavy atom. The highest BCUT2D eigenvalue weighted by Crippen LogP contribution is 2.32. The molecule has 2 rings (SSSR count). The minimum absolute atomic E-state index is 0.244. The molecule has 0 amide bonds. The maximum absolute atomic E-state index is 10.4. The van der Waals surface area contributed by atoms with Gasteiger partial charge in [-0.1, -0.05) is 11.6 Å². The molecule has 1 saturated carbocycles. The number of aromatic nitrogens is 1. The first kappa shape index (κ1) is 11.8. The summed E-state index contributed by atoms with van der Waals surface area (Å²) in [7, 11) is 0. The van der Waals surface area contributed by atoms with Gasteiger partial charge >= 0.3 is 0 Å². The van der Waals surface area contributed by atoms with Crippen LogP contribution in [0, 0.1) is 0 Å². The predicted molar refractivity (Wildman–Crippen MR) is 64.3 cm³/mol. The van der Waals surface area contributed by atoms with E-state index in [1.54, 1.807) is 12.4 Å². The first-order valence-corrected chi connectivity index (χ1v) is 6.03. The van der Waals surface area contributed by atoms with E-state index in [9.17, 15) is 5.11 Å². The van der Waals surface area contributed by atoms with Crippen LogP contribution in [0.15, 0.2) is 18.5 Å². The van der Waals surface area contributed by atoms with Crippen LogP contribution >= 0.6 is 11.6 Å². The maximum Gasteiger partial charge on any atom is 0.0689 e. The molecule has 3 N–H and O–H groups in total. The highest BCUT2D eigenvalue weighted by Gasteiger charge is 2.32. The zero-order valence-electron chi connectivity index (χ0n) is 9.19. The number of aliphatic hydroxyl groups is 1. The van der Waals surface area contributed by atoms with Crippen LogP contribution in [-0.2, 0) is 6.42 Å². The molecule has 16 heavy (non-hydrogen) atoms. The van der Waals surface area contributed by atoms with Crippen molar-refractivity contribution in [1.29, 1.82) is 0 Å². The maximum atomic E-state index is 10.4. The van der Waals surface area contributed by atoms with Crippen LogP contribution in [0.4, 0.5) is 0 Å². The van der Waals surface area contributed by atoms with E-state index in [4.69, 9.17) is 17.3 Å². The molecule has 4 heteroatoms. The number of hydrogen-bond acceptors (Lipinski definition) is 3. The first-order valence-electron chi connectivity index (χ1n) is 5.65. The number of pyridine rings is 1. The summed E-state index contributed by atoms with van der Waals surface area (Å²) in [4.78, 5) is 3.94. The summed E-state index contributed by atoms with van der Waals surface area (Å²) in [5, 5.41) is 11.1. The average Bonchev–Trinajstić information content (AvgIpc) is 2.27. The number of hydrogen-bond donors (Lipinski definition) is 2. The number of halogens is 1. The fourth-order valence-electron chi connectivity index (χ4n) is 2.26. The van der Waals surface area contributed by atoms with Gasteiger partial charge in [-0.3, -0.25) is 4.98 Å². The van der Waals surface area contributed by atoms with E-state index < -0.39 is 5.60 Å². The predicted octanol–water partition coefficient (Wildman–Crippen LogP) is 1.91. The molecule has 1 aliphatic rings. The van der Waals surface area contributed by atoms with Crippen LogP contribution in [0.3, 0.4) is 0 Å². The van der Waals surface area contributed by atoms with Crippen molar-refractivity contribution in [2.45, 2.75) is 43.7 Å². The standard InChI is InChI=1S/C12H17ClN2O/c13-11-8-15-6-3-9(11)7-12(16)4-1-10(14)2-5-12/h3,6,8,10,16H,1-2,4-5,7,14H2. The summed E-state index contributed by atoms with van der Waals surface area (Å²) in [6.07, 6.45) is 7.22. The second-order valence-corrected chi connectivity index (χ2v) is 5.11. The Morgan fingerprint density at radius 1 is 1.50 bits per heavy atom. The van der Waals surface area contributed by atoms with E-state index >= 15 is 0 Å². The van der Waals surface area contributed by atoms with Crippen LogP contribution in [0.1, 0.15) is 31.2 Å². The fourth-order valence-corrected chi connectivity index (χ4v) is 2.44. The molecule has 1 fully saturated rings. The lowest BCUT2D eigenvalue weighted by molar-refractivity contribution is 0.000217. The van der Waals surface area contributed by atoms with Gasteiger partial charge in [-0.05, 0) is 37.3 Å². The SMILES string of the molecule is NC1CCC(O)(Cc2ccncc2Cl)CC1. The van der Waals surface area contributed by atoms with Gasteiger partial charge in [-0.2, -0.15) is 0 Å². The topological polar surface area (TPSA) is 59.1 Å². The van der Waals surface area contributed by atoms with Crippen LogP contribution in [-0.4, -0.2) is 21.7 Å².